The van der Waals surface area contributed by atoms with Gasteiger partial charge in [0.15, 0.2) is 0 Å². The van der Waals surface area contributed by atoms with Crippen molar-refractivity contribution in [2.75, 3.05) is 0 Å². The number of hydrogen-bond acceptors (Lipinski definition) is 5. The lowest BCUT2D eigenvalue weighted by molar-refractivity contribution is -0.128. The van der Waals surface area contributed by atoms with Crippen LogP contribution in [-0.4, -0.2) is 40.8 Å². The fourth-order valence-corrected chi connectivity index (χ4v) is 4.91. The molecular weight excluding hydrogens is 425 g/mol. The van der Waals surface area contributed by atoms with E-state index in [-0.39, 0.29) is 24.3 Å². The van der Waals surface area contributed by atoms with Crippen molar-refractivity contribution in [2.24, 2.45) is 11.7 Å². The van der Waals surface area contributed by atoms with Crippen LogP contribution in [0.15, 0.2) is 34.7 Å². The zero-order valence-corrected chi connectivity index (χ0v) is 19.6. The number of hydrogen-bond donors (Lipinski definition) is 2. The Hall–Kier alpha value is -2.87. The first kappa shape index (κ1) is 23.3. The van der Waals surface area contributed by atoms with Gasteiger partial charge in [-0.25, -0.2) is 9.18 Å². The van der Waals surface area contributed by atoms with Gasteiger partial charge in [0, 0.05) is 18.0 Å². The highest BCUT2D eigenvalue weighted by Crippen LogP contribution is 2.43. The molecule has 4 atom stereocenters. The van der Waals surface area contributed by atoms with Crippen LogP contribution in [0.1, 0.15) is 51.4 Å². The zero-order valence-electron chi connectivity index (χ0n) is 19.6. The summed E-state index contributed by atoms with van der Waals surface area (Å²) in [6.45, 7) is 7.24. The zero-order chi connectivity index (χ0) is 23.9. The molecule has 8 heteroatoms. The number of fused-ring (bicyclic) bond motifs is 2. The summed E-state index contributed by atoms with van der Waals surface area (Å²) < 4.78 is 25.8. The Labute approximate surface area is 193 Å². The first-order valence-corrected chi connectivity index (χ1v) is 11.4. The number of carbonyl (C=O) groups is 2. The van der Waals surface area contributed by atoms with Crippen LogP contribution in [0.4, 0.5) is 9.18 Å². The van der Waals surface area contributed by atoms with Gasteiger partial charge in [0.05, 0.1) is 6.17 Å². The maximum absolute atomic E-state index is 14.7. The van der Waals surface area contributed by atoms with E-state index in [0.717, 1.165) is 25.0 Å². The number of nitrogens with zero attached hydrogens (tertiary/aromatic N) is 1. The summed E-state index contributed by atoms with van der Waals surface area (Å²) in [5, 5.41) is 2.78. The van der Waals surface area contributed by atoms with E-state index in [9.17, 15) is 14.0 Å². The molecule has 0 unspecified atom stereocenters. The summed E-state index contributed by atoms with van der Waals surface area (Å²) in [5.41, 5.74) is 6.55. The molecule has 4 rings (SSSR count). The Balaban J connectivity index is 1.41. The maximum atomic E-state index is 14.7. The molecule has 3 N–H and O–H groups in total. The molecule has 2 aliphatic rings. The number of ether oxygens (including phenoxy) is 1. The number of carbonyl (C=O) groups excluding carboxylic acids is 2. The number of furan rings is 1. The van der Waals surface area contributed by atoms with Crippen LogP contribution in [0.2, 0.25) is 0 Å². The number of rotatable bonds is 5. The lowest BCUT2D eigenvalue weighted by atomic mass is 9.97. The van der Waals surface area contributed by atoms with E-state index in [1.54, 1.807) is 43.9 Å². The number of benzene rings is 1. The van der Waals surface area contributed by atoms with Gasteiger partial charge in [-0.2, -0.15) is 0 Å². The van der Waals surface area contributed by atoms with E-state index in [1.165, 1.54) is 6.07 Å². The van der Waals surface area contributed by atoms with E-state index in [2.05, 4.69) is 5.32 Å². The van der Waals surface area contributed by atoms with Gasteiger partial charge in [0.2, 0.25) is 5.91 Å². The molecule has 0 radical (unpaired) electrons. The molecule has 178 valence electrons. The molecule has 2 bridgehead atoms. The third kappa shape index (κ3) is 5.05. The molecule has 1 aromatic carbocycles. The molecule has 7 nitrogen and oxygen atoms in total. The summed E-state index contributed by atoms with van der Waals surface area (Å²) in [4.78, 5) is 27.4. The first-order valence-electron chi connectivity index (χ1n) is 11.4. The largest absolute Gasteiger partial charge is 0.461 e. The van der Waals surface area contributed by atoms with Crippen molar-refractivity contribution in [3.05, 3.63) is 47.5 Å². The highest BCUT2D eigenvalue weighted by Gasteiger charge is 2.52. The van der Waals surface area contributed by atoms with E-state index < -0.39 is 29.7 Å². The van der Waals surface area contributed by atoms with Gasteiger partial charge in [-0.05, 0) is 76.6 Å². The summed E-state index contributed by atoms with van der Waals surface area (Å²) in [6, 6.07) is 7.84. The average Bonchev–Trinajstić information content (AvgIpc) is 3.43. The summed E-state index contributed by atoms with van der Waals surface area (Å²) in [7, 11) is 0. The van der Waals surface area contributed by atoms with Gasteiger partial charge < -0.3 is 20.2 Å². The summed E-state index contributed by atoms with van der Waals surface area (Å²) in [6.07, 6.45) is 1.41. The van der Waals surface area contributed by atoms with Crippen LogP contribution >= 0.6 is 0 Å². The summed E-state index contributed by atoms with van der Waals surface area (Å²) >= 11 is 0. The Bertz CT molecular complexity index is 1040. The number of nitrogens with one attached hydrogen (secondary N) is 1. The topological polar surface area (TPSA) is 97.8 Å². The second-order valence-electron chi connectivity index (χ2n) is 10.1. The minimum absolute atomic E-state index is 0.00653. The molecule has 2 aromatic rings. The first-order chi connectivity index (χ1) is 15.5. The molecule has 2 heterocycles. The SMILES string of the molecule is Cc1ccc(-c2ccc(C[C@@H](N)NC(=O)[C@@H]3[C@H]4CC[C@H](C4)N3C(=O)OC(C)(C)C)c(F)c2)o1. The molecule has 1 aromatic heterocycles. The van der Waals surface area contributed by atoms with Gasteiger partial charge in [-0.3, -0.25) is 9.69 Å². The Morgan fingerprint density at radius 3 is 2.67 bits per heavy atom. The van der Waals surface area contributed by atoms with Crippen molar-refractivity contribution in [3.8, 4) is 11.3 Å². The second kappa shape index (κ2) is 8.82. The van der Waals surface area contributed by atoms with Crippen molar-refractivity contribution in [2.45, 2.75) is 77.2 Å². The third-order valence-corrected chi connectivity index (χ3v) is 6.30. The van der Waals surface area contributed by atoms with Gasteiger partial charge in [-0.15, -0.1) is 0 Å². The molecular formula is C25H32FN3O4. The number of likely N-dealkylation sites (tertiary alicyclic amines) is 1. The molecule has 1 aliphatic heterocycles. The lowest BCUT2D eigenvalue weighted by Gasteiger charge is -2.36. The number of halogens is 1. The van der Waals surface area contributed by atoms with Crippen LogP contribution in [0.3, 0.4) is 0 Å². The predicted molar refractivity (Wildman–Crippen MR) is 122 cm³/mol. The number of amides is 2. The Morgan fingerprint density at radius 1 is 1.27 bits per heavy atom. The van der Waals surface area contributed by atoms with Crippen LogP contribution in [0, 0.1) is 18.7 Å². The van der Waals surface area contributed by atoms with Gasteiger partial charge in [0.1, 0.15) is 29.0 Å². The van der Waals surface area contributed by atoms with Crippen LogP contribution < -0.4 is 11.1 Å². The van der Waals surface area contributed by atoms with Gasteiger partial charge in [-0.1, -0.05) is 12.1 Å². The van der Waals surface area contributed by atoms with E-state index in [0.29, 0.717) is 16.9 Å². The van der Waals surface area contributed by atoms with E-state index in [1.807, 2.05) is 13.0 Å². The maximum Gasteiger partial charge on any atom is 0.411 e. The van der Waals surface area contributed by atoms with Crippen LogP contribution in [0.5, 0.6) is 0 Å². The van der Waals surface area contributed by atoms with Crippen molar-refractivity contribution in [1.82, 2.24) is 10.2 Å². The normalized spacial score (nSPS) is 23.0. The number of piperidine rings is 1. The highest BCUT2D eigenvalue weighted by molar-refractivity contribution is 5.87. The average molecular weight is 458 g/mol. The molecule has 2 fully saturated rings. The predicted octanol–water partition coefficient (Wildman–Crippen LogP) is 4.13. The van der Waals surface area contributed by atoms with Crippen molar-refractivity contribution in [3.63, 3.8) is 0 Å². The molecule has 2 amide bonds. The van der Waals surface area contributed by atoms with Crippen LogP contribution in [-0.2, 0) is 16.0 Å². The minimum Gasteiger partial charge on any atom is -0.461 e. The number of nitrogens with two attached hydrogens (primary N) is 1. The fourth-order valence-electron chi connectivity index (χ4n) is 4.91. The Kier molecular flexibility index (Phi) is 6.22. The number of aryl methyl sites for hydroxylation is 1. The standard InChI is InChI=1S/C25H32FN3O4/c1-14-5-10-20(32-14)16-7-6-15(19(26)12-16)13-21(27)28-23(30)22-17-8-9-18(11-17)29(22)24(31)33-25(2,3)4/h5-7,10,12,17-18,21-22H,8-9,11,13,27H2,1-4H3,(H,28,30)/t17-,18+,21-,22-/m0/s1. The monoisotopic (exact) mass is 457 g/mol. The molecule has 33 heavy (non-hydrogen) atoms. The second-order valence-corrected chi connectivity index (χ2v) is 10.1. The quantitative estimate of drug-likeness (QED) is 0.658. The molecule has 1 saturated carbocycles. The Morgan fingerprint density at radius 2 is 2.03 bits per heavy atom. The molecule has 0 spiro atoms. The van der Waals surface area contributed by atoms with E-state index in [4.69, 9.17) is 14.9 Å². The third-order valence-electron chi connectivity index (χ3n) is 6.30. The molecule has 1 saturated heterocycles. The molecule has 1 aliphatic carbocycles. The van der Waals surface area contributed by atoms with Gasteiger partial charge in [0.25, 0.3) is 0 Å². The fraction of sp³-hybridized carbons (Fsp3) is 0.520. The van der Waals surface area contributed by atoms with Crippen molar-refractivity contribution < 1.29 is 23.1 Å². The van der Waals surface area contributed by atoms with E-state index >= 15 is 0 Å². The van der Waals surface area contributed by atoms with Crippen LogP contribution in [0.25, 0.3) is 11.3 Å². The van der Waals surface area contributed by atoms with Crippen molar-refractivity contribution >= 4 is 12.0 Å². The van der Waals surface area contributed by atoms with Crippen molar-refractivity contribution in [1.29, 1.82) is 0 Å². The highest BCUT2D eigenvalue weighted by atomic mass is 19.1. The summed E-state index contributed by atoms with van der Waals surface area (Å²) in [5.74, 6) is 0.696. The van der Waals surface area contributed by atoms with Gasteiger partial charge >= 0.3 is 6.09 Å². The minimum atomic E-state index is -0.789. The smallest absolute Gasteiger partial charge is 0.411 e. The lowest BCUT2D eigenvalue weighted by Crippen LogP contribution is -2.57.